The van der Waals surface area contributed by atoms with E-state index in [0.29, 0.717) is 22.1 Å². The van der Waals surface area contributed by atoms with Crippen LogP contribution in [-0.2, 0) is 10.3 Å². The number of hydrogen-bond donors (Lipinski definition) is 0. The summed E-state index contributed by atoms with van der Waals surface area (Å²) in [7, 11) is 0. The van der Waals surface area contributed by atoms with Crippen LogP contribution in [0.15, 0.2) is 78.9 Å². The minimum Gasteiger partial charge on any atom is -0.456 e. The molecule has 0 saturated heterocycles. The Bertz CT molecular complexity index is 1310. The summed E-state index contributed by atoms with van der Waals surface area (Å²) in [6.45, 7) is 0. The number of esters is 1. The Morgan fingerprint density at radius 1 is 0.750 bits per heavy atom. The monoisotopic (exact) mass is 384 g/mol. The van der Waals surface area contributed by atoms with Gasteiger partial charge in [0.2, 0.25) is 0 Å². The van der Waals surface area contributed by atoms with Crippen molar-refractivity contribution in [3.8, 4) is 11.5 Å². The Balaban J connectivity index is 1.79. The molecule has 4 heteroatoms. The lowest BCUT2D eigenvalue weighted by molar-refractivity contribution is 0.0225. The van der Waals surface area contributed by atoms with Gasteiger partial charge in [0.1, 0.15) is 11.5 Å². The average molecular weight is 385 g/mol. The topological polar surface area (TPSA) is 35.5 Å². The van der Waals surface area contributed by atoms with E-state index in [2.05, 4.69) is 0 Å². The van der Waals surface area contributed by atoms with E-state index in [1.54, 1.807) is 6.07 Å². The number of carbonyl (C=O) groups is 1. The summed E-state index contributed by atoms with van der Waals surface area (Å²) in [5.41, 5.74) is 1.69. The molecule has 0 N–H and O–H groups in total. The maximum Gasteiger partial charge on any atom is 0.341 e. The maximum absolute atomic E-state index is 12.9. The summed E-state index contributed by atoms with van der Waals surface area (Å²) in [5.74, 6) is 0.959. The molecule has 0 radical (unpaired) electrons. The van der Waals surface area contributed by atoms with Gasteiger partial charge >= 0.3 is 5.97 Å². The van der Waals surface area contributed by atoms with Crippen LogP contribution in [0.1, 0.15) is 27.0 Å². The summed E-state index contributed by atoms with van der Waals surface area (Å²) in [4.78, 5) is 12.9. The molecule has 1 unspecified atom stereocenters. The predicted molar refractivity (Wildman–Crippen MR) is 107 cm³/mol. The third-order valence-electron chi connectivity index (χ3n) is 5.58. The lowest BCUT2D eigenvalue weighted by Gasteiger charge is -2.37. The van der Waals surface area contributed by atoms with Crippen molar-refractivity contribution in [2.24, 2.45) is 0 Å². The second kappa shape index (κ2) is 5.37. The third-order valence-corrected chi connectivity index (χ3v) is 5.90. The highest BCUT2D eigenvalue weighted by atomic mass is 35.5. The van der Waals surface area contributed by atoms with Gasteiger partial charge in [0.25, 0.3) is 0 Å². The van der Waals surface area contributed by atoms with E-state index in [4.69, 9.17) is 21.1 Å². The van der Waals surface area contributed by atoms with Crippen molar-refractivity contribution in [3.63, 3.8) is 0 Å². The van der Waals surface area contributed by atoms with E-state index in [9.17, 15) is 4.79 Å². The summed E-state index contributed by atoms with van der Waals surface area (Å²) < 4.78 is 12.5. The molecule has 2 aliphatic rings. The molecule has 134 valence electrons. The minimum atomic E-state index is -1.08. The van der Waals surface area contributed by atoms with Crippen LogP contribution in [0.25, 0.3) is 10.8 Å². The van der Waals surface area contributed by atoms with Gasteiger partial charge in [0, 0.05) is 22.1 Å². The Morgan fingerprint density at radius 3 is 2.46 bits per heavy atom. The molecule has 0 fully saturated rings. The molecular weight excluding hydrogens is 372 g/mol. The van der Waals surface area contributed by atoms with E-state index in [0.717, 1.165) is 27.5 Å². The van der Waals surface area contributed by atoms with E-state index >= 15 is 0 Å². The van der Waals surface area contributed by atoms with E-state index in [-0.39, 0.29) is 0 Å². The molecule has 2 aliphatic heterocycles. The lowest BCUT2D eigenvalue weighted by Crippen LogP contribution is -2.33. The first kappa shape index (κ1) is 15.7. The zero-order valence-corrected chi connectivity index (χ0v) is 15.4. The highest BCUT2D eigenvalue weighted by molar-refractivity contribution is 6.34. The van der Waals surface area contributed by atoms with Crippen molar-refractivity contribution in [1.82, 2.24) is 0 Å². The predicted octanol–water partition coefficient (Wildman–Crippen LogP) is 6.06. The van der Waals surface area contributed by atoms with Crippen molar-refractivity contribution < 1.29 is 14.3 Å². The summed E-state index contributed by atoms with van der Waals surface area (Å²) in [6, 6.07) is 25.2. The number of carbonyl (C=O) groups excluding carboxylic acids is 1. The summed E-state index contributed by atoms with van der Waals surface area (Å²) >= 11 is 6.38. The lowest BCUT2D eigenvalue weighted by atomic mass is 9.77. The first-order valence-corrected chi connectivity index (χ1v) is 9.40. The SMILES string of the molecule is O=C1OC2(c3ccccc3Oc3c2ccc2ccccc32)c2cccc(Cl)c21. The smallest absolute Gasteiger partial charge is 0.341 e. The number of ether oxygens (including phenoxy) is 2. The van der Waals surface area contributed by atoms with Crippen molar-refractivity contribution in [2.75, 3.05) is 0 Å². The van der Waals surface area contributed by atoms with Gasteiger partial charge in [-0.15, -0.1) is 0 Å². The quantitative estimate of drug-likeness (QED) is 0.345. The molecule has 4 aromatic carbocycles. The zero-order chi connectivity index (χ0) is 18.9. The minimum absolute atomic E-state index is 0.394. The van der Waals surface area contributed by atoms with Gasteiger partial charge in [0.15, 0.2) is 5.60 Å². The van der Waals surface area contributed by atoms with Crippen LogP contribution in [0.3, 0.4) is 0 Å². The van der Waals surface area contributed by atoms with E-state index < -0.39 is 11.6 Å². The van der Waals surface area contributed by atoms with Gasteiger partial charge in [-0.3, -0.25) is 0 Å². The Hall–Kier alpha value is -3.30. The van der Waals surface area contributed by atoms with E-state index in [1.807, 2.05) is 72.8 Å². The number of benzene rings is 4. The second-order valence-electron chi connectivity index (χ2n) is 6.99. The van der Waals surface area contributed by atoms with Gasteiger partial charge in [-0.1, -0.05) is 72.3 Å². The Labute approximate surface area is 166 Å². The van der Waals surface area contributed by atoms with Crippen molar-refractivity contribution in [3.05, 3.63) is 106 Å². The molecular formula is C24H13ClO3. The largest absolute Gasteiger partial charge is 0.456 e. The van der Waals surface area contributed by atoms with Crippen LogP contribution in [0.4, 0.5) is 0 Å². The number of rotatable bonds is 0. The van der Waals surface area contributed by atoms with Gasteiger partial charge in [-0.2, -0.15) is 0 Å². The van der Waals surface area contributed by atoms with Gasteiger partial charge in [-0.25, -0.2) is 4.79 Å². The molecule has 0 bridgehead atoms. The van der Waals surface area contributed by atoms with E-state index in [1.165, 1.54) is 0 Å². The summed E-state index contributed by atoms with van der Waals surface area (Å²) in [6.07, 6.45) is 0. The van der Waals surface area contributed by atoms with Crippen molar-refractivity contribution >= 4 is 28.3 Å². The molecule has 0 aliphatic carbocycles. The van der Waals surface area contributed by atoms with Gasteiger partial charge < -0.3 is 9.47 Å². The molecule has 28 heavy (non-hydrogen) atoms. The van der Waals surface area contributed by atoms with Gasteiger partial charge in [-0.05, 0) is 23.6 Å². The molecule has 2 heterocycles. The maximum atomic E-state index is 12.9. The fourth-order valence-corrected chi connectivity index (χ4v) is 4.65. The molecule has 6 rings (SSSR count). The standard InChI is InChI=1S/C24H13ClO3/c25-19-10-5-9-17-21(19)23(26)28-24(17)16-8-3-4-11-20(16)27-22-15-7-2-1-6-14(15)12-13-18(22)24/h1-13H. The summed E-state index contributed by atoms with van der Waals surface area (Å²) in [5, 5.41) is 2.43. The number of halogens is 1. The molecule has 4 aromatic rings. The molecule has 1 atom stereocenters. The first-order valence-electron chi connectivity index (χ1n) is 9.02. The molecule has 0 saturated carbocycles. The van der Waals surface area contributed by atoms with Gasteiger partial charge in [0.05, 0.1) is 10.6 Å². The fraction of sp³-hybridized carbons (Fsp3) is 0.0417. The highest BCUT2D eigenvalue weighted by Crippen LogP contribution is 2.57. The van der Waals surface area contributed by atoms with Crippen molar-refractivity contribution in [1.29, 1.82) is 0 Å². The average Bonchev–Trinajstić information content (AvgIpc) is 3.02. The zero-order valence-electron chi connectivity index (χ0n) is 14.6. The van der Waals surface area contributed by atoms with Crippen LogP contribution in [0, 0.1) is 0 Å². The number of fused-ring (bicyclic) bond motifs is 8. The molecule has 0 amide bonds. The van der Waals surface area contributed by atoms with Crippen LogP contribution < -0.4 is 4.74 Å². The molecule has 3 nitrogen and oxygen atoms in total. The van der Waals surface area contributed by atoms with Crippen LogP contribution in [-0.4, -0.2) is 5.97 Å². The van der Waals surface area contributed by atoms with Crippen LogP contribution in [0.5, 0.6) is 11.5 Å². The van der Waals surface area contributed by atoms with Crippen LogP contribution in [0.2, 0.25) is 5.02 Å². The van der Waals surface area contributed by atoms with Crippen LogP contribution >= 0.6 is 11.6 Å². The molecule has 1 spiro atoms. The fourth-order valence-electron chi connectivity index (χ4n) is 4.40. The second-order valence-corrected chi connectivity index (χ2v) is 7.40. The van der Waals surface area contributed by atoms with Crippen molar-refractivity contribution in [2.45, 2.75) is 5.60 Å². The highest BCUT2D eigenvalue weighted by Gasteiger charge is 2.54. The molecule has 0 aromatic heterocycles. The number of hydrogen-bond acceptors (Lipinski definition) is 3. The number of para-hydroxylation sites is 1. The third kappa shape index (κ3) is 1.82. The Morgan fingerprint density at radius 2 is 1.54 bits per heavy atom. The Kier molecular flexibility index (Phi) is 3.01. The first-order chi connectivity index (χ1) is 13.7. The normalized spacial score (nSPS) is 19.0.